The Morgan fingerprint density at radius 1 is 1.50 bits per heavy atom. The maximum absolute atomic E-state index is 11.9. The molecule has 0 saturated heterocycles. The van der Waals surface area contributed by atoms with Crippen molar-refractivity contribution in [3.63, 3.8) is 0 Å². The zero-order valence-electron chi connectivity index (χ0n) is 9.44. The molecule has 0 unspecified atom stereocenters. The molecular weight excluding hydrogens is 244 g/mol. The zero-order valence-corrected chi connectivity index (χ0v) is 11.1. The topological polar surface area (TPSA) is 70.0 Å². The first-order chi connectivity index (χ1) is 7.26. The summed E-state index contributed by atoms with van der Waals surface area (Å²) in [4.78, 5) is 0. The molecule has 0 bridgehead atoms. The number of hydrogen-bond acceptors (Lipinski definition) is 4. The number of thiophene rings is 1. The van der Waals surface area contributed by atoms with Crippen LogP contribution < -0.4 is 4.72 Å². The Kier molecular flexibility index (Phi) is 3.73. The third-order valence-electron chi connectivity index (χ3n) is 1.79. The van der Waals surface area contributed by atoms with E-state index >= 15 is 0 Å². The molecule has 0 amide bonds. The molecule has 0 spiro atoms. The lowest BCUT2D eigenvalue weighted by Gasteiger charge is -2.18. The van der Waals surface area contributed by atoms with E-state index < -0.39 is 10.0 Å². The third-order valence-corrected chi connectivity index (χ3v) is 4.67. The van der Waals surface area contributed by atoms with E-state index in [4.69, 9.17) is 5.26 Å². The van der Waals surface area contributed by atoms with Gasteiger partial charge in [-0.2, -0.15) is 5.26 Å². The minimum atomic E-state index is -3.55. The maximum atomic E-state index is 11.9. The molecule has 4 nitrogen and oxygen atoms in total. The van der Waals surface area contributed by atoms with Gasteiger partial charge in [0.1, 0.15) is 6.07 Å². The first kappa shape index (κ1) is 13.2. The van der Waals surface area contributed by atoms with E-state index in [0.29, 0.717) is 6.54 Å². The molecule has 1 heterocycles. The number of hydrogen-bond donors (Lipinski definition) is 1. The second-order valence-corrected chi connectivity index (χ2v) is 7.50. The third kappa shape index (κ3) is 3.30. The summed E-state index contributed by atoms with van der Waals surface area (Å²) in [6.45, 7) is 6.16. The van der Waals surface area contributed by atoms with Gasteiger partial charge in [-0.05, 0) is 16.9 Å². The average Bonchev–Trinajstić information content (AvgIpc) is 2.62. The highest BCUT2D eigenvalue weighted by Gasteiger charge is 2.22. The number of nitrogens with one attached hydrogen (secondary N) is 1. The van der Waals surface area contributed by atoms with Crippen LogP contribution >= 0.6 is 11.3 Å². The molecule has 0 aliphatic rings. The minimum Gasteiger partial charge on any atom is -0.210 e. The van der Waals surface area contributed by atoms with E-state index in [9.17, 15) is 8.42 Å². The van der Waals surface area contributed by atoms with Gasteiger partial charge < -0.3 is 0 Å². The van der Waals surface area contributed by atoms with Crippen LogP contribution in [0.4, 0.5) is 0 Å². The van der Waals surface area contributed by atoms with Gasteiger partial charge in [0.15, 0.2) is 4.21 Å². The summed E-state index contributed by atoms with van der Waals surface area (Å²) in [5.41, 5.74) is 0.0725. The number of sulfonamides is 1. The highest BCUT2D eigenvalue weighted by Crippen LogP contribution is 2.22. The molecule has 0 aliphatic carbocycles. The fourth-order valence-corrected chi connectivity index (χ4v) is 3.54. The minimum absolute atomic E-state index is 0.0965. The lowest BCUT2D eigenvalue weighted by molar-refractivity contribution is 0.408. The van der Waals surface area contributed by atoms with Crippen molar-refractivity contribution in [2.24, 2.45) is 5.41 Å². The summed E-state index contributed by atoms with van der Waals surface area (Å²) in [6.07, 6.45) is 0. The van der Waals surface area contributed by atoms with Crippen molar-refractivity contribution in [3.8, 4) is 6.07 Å². The lowest BCUT2D eigenvalue weighted by Crippen LogP contribution is -2.32. The molecule has 6 heteroatoms. The molecule has 0 aliphatic heterocycles. The Morgan fingerprint density at radius 3 is 2.62 bits per heavy atom. The van der Waals surface area contributed by atoms with E-state index in [-0.39, 0.29) is 15.2 Å². The van der Waals surface area contributed by atoms with Gasteiger partial charge in [0, 0.05) is 6.54 Å². The van der Waals surface area contributed by atoms with E-state index in [1.165, 1.54) is 6.07 Å². The summed E-state index contributed by atoms with van der Waals surface area (Å²) in [5, 5.41) is 10.4. The highest BCUT2D eigenvalue weighted by atomic mass is 32.2. The summed E-state index contributed by atoms with van der Waals surface area (Å²) >= 11 is 1.06. The Balaban J connectivity index is 2.92. The SMILES string of the molecule is CC(C)(C)CNS(=O)(=O)c1sccc1C#N. The monoisotopic (exact) mass is 258 g/mol. The predicted molar refractivity (Wildman–Crippen MR) is 63.7 cm³/mol. The van der Waals surface area contributed by atoms with Crippen LogP contribution in [0.25, 0.3) is 0 Å². The van der Waals surface area contributed by atoms with Crippen LogP contribution in [0.1, 0.15) is 26.3 Å². The van der Waals surface area contributed by atoms with Crippen molar-refractivity contribution in [1.82, 2.24) is 4.72 Å². The van der Waals surface area contributed by atoms with Crippen LogP contribution in [0, 0.1) is 16.7 Å². The molecule has 88 valence electrons. The molecule has 0 radical (unpaired) electrons. The van der Waals surface area contributed by atoms with Crippen molar-refractivity contribution in [3.05, 3.63) is 17.0 Å². The first-order valence-corrected chi connectivity index (χ1v) is 7.10. The van der Waals surface area contributed by atoms with Gasteiger partial charge in [0.2, 0.25) is 0 Å². The van der Waals surface area contributed by atoms with Crippen LogP contribution in [0.2, 0.25) is 0 Å². The standard InChI is InChI=1S/C10H14N2O2S2/c1-10(2,3)7-12-16(13,14)9-8(6-11)4-5-15-9/h4-5,12H,7H2,1-3H3. The van der Waals surface area contributed by atoms with E-state index in [2.05, 4.69) is 4.72 Å². The molecule has 0 fully saturated rings. The Morgan fingerprint density at radius 2 is 2.12 bits per heavy atom. The van der Waals surface area contributed by atoms with Gasteiger partial charge in [-0.15, -0.1) is 11.3 Å². The summed E-state index contributed by atoms with van der Waals surface area (Å²) < 4.78 is 26.3. The number of nitriles is 1. The molecular formula is C10H14N2O2S2. The molecule has 0 saturated carbocycles. The van der Waals surface area contributed by atoms with Crippen molar-refractivity contribution < 1.29 is 8.42 Å². The first-order valence-electron chi connectivity index (χ1n) is 4.73. The van der Waals surface area contributed by atoms with E-state index in [1.54, 1.807) is 5.38 Å². The average molecular weight is 258 g/mol. The van der Waals surface area contributed by atoms with Crippen LogP contribution in [0.15, 0.2) is 15.7 Å². The fourth-order valence-electron chi connectivity index (χ4n) is 0.963. The normalized spacial score (nSPS) is 12.4. The molecule has 1 aromatic heterocycles. The lowest BCUT2D eigenvalue weighted by atomic mass is 9.98. The smallest absolute Gasteiger partial charge is 0.210 e. The molecule has 0 atom stereocenters. The van der Waals surface area contributed by atoms with Crippen LogP contribution in [0.5, 0.6) is 0 Å². The van der Waals surface area contributed by atoms with Crippen LogP contribution in [-0.2, 0) is 10.0 Å². The Bertz CT molecular complexity index is 504. The van der Waals surface area contributed by atoms with Gasteiger partial charge >= 0.3 is 0 Å². The predicted octanol–water partition coefficient (Wildman–Crippen LogP) is 1.94. The van der Waals surface area contributed by atoms with Crippen molar-refractivity contribution in [1.29, 1.82) is 5.26 Å². The second kappa shape index (κ2) is 4.53. The van der Waals surface area contributed by atoms with E-state index in [1.807, 2.05) is 26.8 Å². The molecule has 16 heavy (non-hydrogen) atoms. The molecule has 0 aromatic carbocycles. The molecule has 1 N–H and O–H groups in total. The van der Waals surface area contributed by atoms with Crippen molar-refractivity contribution in [2.45, 2.75) is 25.0 Å². The Labute approximate surface area is 100.0 Å². The van der Waals surface area contributed by atoms with Gasteiger partial charge in [-0.3, -0.25) is 0 Å². The van der Waals surface area contributed by atoms with Crippen LogP contribution in [0.3, 0.4) is 0 Å². The second-order valence-electron chi connectivity index (χ2n) is 4.62. The van der Waals surface area contributed by atoms with E-state index in [0.717, 1.165) is 11.3 Å². The van der Waals surface area contributed by atoms with Crippen molar-refractivity contribution in [2.75, 3.05) is 6.54 Å². The van der Waals surface area contributed by atoms with Gasteiger partial charge in [-0.1, -0.05) is 20.8 Å². The Hall–Kier alpha value is -0.900. The maximum Gasteiger partial charge on any atom is 0.251 e. The summed E-state index contributed by atoms with van der Waals surface area (Å²) in [5.74, 6) is 0. The fraction of sp³-hybridized carbons (Fsp3) is 0.500. The summed E-state index contributed by atoms with van der Waals surface area (Å²) in [6, 6.07) is 3.38. The quantitative estimate of drug-likeness (QED) is 0.900. The summed E-state index contributed by atoms with van der Waals surface area (Å²) in [7, 11) is -3.55. The van der Waals surface area contributed by atoms with Gasteiger partial charge in [0.05, 0.1) is 5.56 Å². The number of rotatable bonds is 3. The van der Waals surface area contributed by atoms with Gasteiger partial charge in [0.25, 0.3) is 10.0 Å². The van der Waals surface area contributed by atoms with Crippen LogP contribution in [-0.4, -0.2) is 15.0 Å². The number of nitrogens with zero attached hydrogens (tertiary/aromatic N) is 1. The largest absolute Gasteiger partial charge is 0.251 e. The molecule has 1 aromatic rings. The van der Waals surface area contributed by atoms with Crippen molar-refractivity contribution >= 4 is 21.4 Å². The zero-order chi connectivity index (χ0) is 12.4. The highest BCUT2D eigenvalue weighted by molar-refractivity contribution is 7.91. The van der Waals surface area contributed by atoms with Gasteiger partial charge in [-0.25, -0.2) is 13.1 Å². The molecule has 1 rings (SSSR count).